The number of nitro benzene ring substituents is 1. The van der Waals surface area contributed by atoms with Gasteiger partial charge in [-0.3, -0.25) is 10.1 Å². The van der Waals surface area contributed by atoms with E-state index in [9.17, 15) is 23.3 Å². The van der Waals surface area contributed by atoms with E-state index in [1.165, 1.54) is 47.8 Å². The Morgan fingerprint density at radius 3 is 2.29 bits per heavy atom. The Labute approximate surface area is 161 Å². The zero-order valence-electron chi connectivity index (χ0n) is 15.0. The second-order valence-electron chi connectivity index (χ2n) is 6.12. The summed E-state index contributed by atoms with van der Waals surface area (Å²) in [6, 6.07) is 9.01. The van der Waals surface area contributed by atoms with Crippen molar-refractivity contribution in [1.82, 2.24) is 4.31 Å². The molecular formula is C18H18N2O7S. The van der Waals surface area contributed by atoms with Gasteiger partial charge in [0, 0.05) is 19.2 Å². The highest BCUT2D eigenvalue weighted by molar-refractivity contribution is 7.89. The minimum atomic E-state index is -3.58. The van der Waals surface area contributed by atoms with Gasteiger partial charge in [0.15, 0.2) is 11.5 Å². The van der Waals surface area contributed by atoms with E-state index in [0.29, 0.717) is 13.1 Å². The van der Waals surface area contributed by atoms with Crippen molar-refractivity contribution in [3.8, 4) is 11.5 Å². The molecule has 1 saturated heterocycles. The first-order valence-corrected chi connectivity index (χ1v) is 9.92. The summed E-state index contributed by atoms with van der Waals surface area (Å²) < 4.78 is 36.7. The van der Waals surface area contributed by atoms with Crippen LogP contribution in [0.15, 0.2) is 47.4 Å². The number of nitrogens with zero attached hydrogens (tertiary/aromatic N) is 2. The maximum absolute atomic E-state index is 12.5. The quantitative estimate of drug-likeness (QED) is 0.313. The van der Waals surface area contributed by atoms with E-state index < -0.39 is 20.9 Å². The van der Waals surface area contributed by atoms with Crippen molar-refractivity contribution in [2.75, 3.05) is 20.2 Å². The van der Waals surface area contributed by atoms with Crippen LogP contribution in [0.2, 0.25) is 0 Å². The van der Waals surface area contributed by atoms with Crippen molar-refractivity contribution >= 4 is 21.7 Å². The van der Waals surface area contributed by atoms with Crippen molar-refractivity contribution in [3.05, 3.63) is 58.1 Å². The summed E-state index contributed by atoms with van der Waals surface area (Å²) in [7, 11) is -2.24. The average molecular weight is 406 g/mol. The molecule has 2 aromatic rings. The van der Waals surface area contributed by atoms with Gasteiger partial charge in [0.25, 0.3) is 5.69 Å². The summed E-state index contributed by atoms with van der Waals surface area (Å²) in [5.74, 6) is -0.730. The van der Waals surface area contributed by atoms with Gasteiger partial charge in [0.2, 0.25) is 10.0 Å². The number of benzene rings is 2. The van der Waals surface area contributed by atoms with Crippen LogP contribution in [0.4, 0.5) is 5.69 Å². The van der Waals surface area contributed by atoms with Crippen molar-refractivity contribution in [3.63, 3.8) is 0 Å². The van der Waals surface area contributed by atoms with Gasteiger partial charge < -0.3 is 9.47 Å². The van der Waals surface area contributed by atoms with Crippen molar-refractivity contribution in [2.45, 2.75) is 17.7 Å². The van der Waals surface area contributed by atoms with Gasteiger partial charge in [0.05, 0.1) is 28.6 Å². The molecule has 1 aliphatic heterocycles. The predicted molar refractivity (Wildman–Crippen MR) is 99.0 cm³/mol. The SMILES string of the molecule is COc1ccc([N+](=O)[O-])cc1OC(=O)c1ccc(S(=O)(=O)N2CCCC2)cc1. The van der Waals surface area contributed by atoms with Gasteiger partial charge in [-0.1, -0.05) is 0 Å². The molecule has 0 amide bonds. The van der Waals surface area contributed by atoms with Crippen LogP contribution in [0.25, 0.3) is 0 Å². The topological polar surface area (TPSA) is 116 Å². The predicted octanol–water partition coefficient (Wildman–Crippen LogP) is 2.61. The molecule has 2 aromatic carbocycles. The van der Waals surface area contributed by atoms with E-state index >= 15 is 0 Å². The lowest BCUT2D eigenvalue weighted by molar-refractivity contribution is -0.384. The molecule has 0 saturated carbocycles. The molecule has 9 nitrogen and oxygen atoms in total. The van der Waals surface area contributed by atoms with Gasteiger partial charge in [0.1, 0.15) is 0 Å². The molecule has 0 aliphatic carbocycles. The van der Waals surface area contributed by atoms with E-state index in [1.807, 2.05) is 0 Å². The van der Waals surface area contributed by atoms with Crippen molar-refractivity contribution in [2.24, 2.45) is 0 Å². The summed E-state index contributed by atoms with van der Waals surface area (Å²) in [5, 5.41) is 10.9. The Hall–Kier alpha value is -2.98. The molecule has 148 valence electrons. The molecule has 10 heteroatoms. The van der Waals surface area contributed by atoms with Crippen LogP contribution < -0.4 is 9.47 Å². The van der Waals surface area contributed by atoms with Crippen LogP contribution in [0.1, 0.15) is 23.2 Å². The van der Waals surface area contributed by atoms with E-state index in [4.69, 9.17) is 9.47 Å². The first-order valence-electron chi connectivity index (χ1n) is 8.48. The van der Waals surface area contributed by atoms with Gasteiger partial charge >= 0.3 is 5.97 Å². The molecule has 0 N–H and O–H groups in total. The number of ether oxygens (including phenoxy) is 2. The Kier molecular flexibility index (Phi) is 5.61. The lowest BCUT2D eigenvalue weighted by atomic mass is 10.2. The monoisotopic (exact) mass is 406 g/mol. The Morgan fingerprint density at radius 1 is 1.07 bits per heavy atom. The molecule has 1 heterocycles. The lowest BCUT2D eigenvalue weighted by Crippen LogP contribution is -2.27. The molecule has 0 aromatic heterocycles. The summed E-state index contributed by atoms with van der Waals surface area (Å²) >= 11 is 0. The molecule has 1 aliphatic rings. The molecular weight excluding hydrogens is 388 g/mol. The highest BCUT2D eigenvalue weighted by Gasteiger charge is 2.27. The minimum absolute atomic E-state index is 0.0962. The highest BCUT2D eigenvalue weighted by Crippen LogP contribution is 2.32. The molecule has 1 fully saturated rings. The van der Waals surface area contributed by atoms with E-state index in [0.717, 1.165) is 18.9 Å². The lowest BCUT2D eigenvalue weighted by Gasteiger charge is -2.15. The summed E-state index contributed by atoms with van der Waals surface area (Å²) in [6.07, 6.45) is 1.66. The van der Waals surface area contributed by atoms with Crippen molar-refractivity contribution < 1.29 is 27.6 Å². The third-order valence-electron chi connectivity index (χ3n) is 4.35. The molecule has 0 spiro atoms. The van der Waals surface area contributed by atoms with Crippen LogP contribution in [0.3, 0.4) is 0 Å². The third-order valence-corrected chi connectivity index (χ3v) is 6.27. The highest BCUT2D eigenvalue weighted by atomic mass is 32.2. The molecule has 0 bridgehead atoms. The number of rotatable bonds is 6. The number of carbonyl (C=O) groups is 1. The number of hydrogen-bond donors (Lipinski definition) is 0. The smallest absolute Gasteiger partial charge is 0.343 e. The Balaban J connectivity index is 1.80. The second kappa shape index (κ2) is 7.95. The number of methoxy groups -OCH3 is 1. The molecule has 28 heavy (non-hydrogen) atoms. The maximum Gasteiger partial charge on any atom is 0.343 e. The zero-order chi connectivity index (χ0) is 20.3. The fraction of sp³-hybridized carbons (Fsp3) is 0.278. The standard InChI is InChI=1S/C18H18N2O7S/c1-26-16-9-6-14(20(22)23)12-17(16)27-18(21)13-4-7-15(8-5-13)28(24,25)19-10-2-3-11-19/h4-9,12H,2-3,10-11H2,1H3. The fourth-order valence-corrected chi connectivity index (χ4v) is 4.38. The molecule has 0 radical (unpaired) electrons. The molecule has 0 unspecified atom stereocenters. The summed E-state index contributed by atoms with van der Waals surface area (Å²) in [5.41, 5.74) is -0.149. The largest absolute Gasteiger partial charge is 0.493 e. The maximum atomic E-state index is 12.5. The number of carbonyl (C=O) groups excluding carboxylic acids is 1. The number of esters is 1. The van der Waals surface area contributed by atoms with Crippen LogP contribution in [-0.2, 0) is 10.0 Å². The summed E-state index contributed by atoms with van der Waals surface area (Å²) in [4.78, 5) is 22.8. The van der Waals surface area contributed by atoms with Gasteiger partial charge in [-0.2, -0.15) is 4.31 Å². The number of non-ortho nitro benzene ring substituents is 1. The van der Waals surface area contributed by atoms with E-state index in [-0.39, 0.29) is 27.6 Å². The van der Waals surface area contributed by atoms with Crippen molar-refractivity contribution in [1.29, 1.82) is 0 Å². The third kappa shape index (κ3) is 3.97. The van der Waals surface area contributed by atoms with Crippen LogP contribution in [0.5, 0.6) is 11.5 Å². The van der Waals surface area contributed by atoms with Crippen LogP contribution >= 0.6 is 0 Å². The summed E-state index contributed by atoms with van der Waals surface area (Å²) in [6.45, 7) is 0.970. The zero-order valence-corrected chi connectivity index (χ0v) is 15.8. The number of hydrogen-bond acceptors (Lipinski definition) is 7. The number of sulfonamides is 1. The minimum Gasteiger partial charge on any atom is -0.493 e. The first kappa shape index (κ1) is 19.8. The van der Waals surface area contributed by atoms with E-state index in [2.05, 4.69) is 0 Å². The van der Waals surface area contributed by atoms with Crippen LogP contribution in [-0.4, -0.2) is 43.8 Å². The van der Waals surface area contributed by atoms with Crippen LogP contribution in [0, 0.1) is 10.1 Å². The Morgan fingerprint density at radius 2 is 1.71 bits per heavy atom. The van der Waals surface area contributed by atoms with Gasteiger partial charge in [-0.05, 0) is 43.2 Å². The second-order valence-corrected chi connectivity index (χ2v) is 8.06. The molecule has 0 atom stereocenters. The first-order chi connectivity index (χ1) is 13.3. The fourth-order valence-electron chi connectivity index (χ4n) is 2.86. The van der Waals surface area contributed by atoms with Gasteiger partial charge in [-0.25, -0.2) is 13.2 Å². The Bertz CT molecular complexity index is 997. The number of nitro groups is 1. The van der Waals surface area contributed by atoms with Gasteiger partial charge in [-0.15, -0.1) is 0 Å². The van der Waals surface area contributed by atoms with E-state index in [1.54, 1.807) is 0 Å². The normalized spacial score (nSPS) is 14.6. The average Bonchev–Trinajstić information content (AvgIpc) is 3.23. The molecule has 3 rings (SSSR count).